The van der Waals surface area contributed by atoms with Gasteiger partial charge in [-0.05, 0) is 60.4 Å². The number of rotatable bonds is 5. The summed E-state index contributed by atoms with van der Waals surface area (Å²) in [5.41, 5.74) is 11.0. The highest BCUT2D eigenvalue weighted by Crippen LogP contribution is 2.59. The second-order valence-electron chi connectivity index (χ2n) is 13.6. The minimum atomic E-state index is 0.322. The lowest BCUT2D eigenvalue weighted by Crippen LogP contribution is -2.44. The summed E-state index contributed by atoms with van der Waals surface area (Å²) in [7, 11) is 0. The second kappa shape index (κ2) is 11.8. The molecule has 0 N–H and O–H groups in total. The first kappa shape index (κ1) is 28.9. The van der Waals surface area contributed by atoms with Crippen LogP contribution in [-0.4, -0.2) is 27.0 Å². The van der Waals surface area contributed by atoms with Crippen molar-refractivity contribution in [2.45, 2.75) is 36.8 Å². The summed E-state index contributed by atoms with van der Waals surface area (Å²) in [6.07, 6.45) is 2.18. The number of nitrogens with zero attached hydrogens (tertiary/aromatic N) is 5. The molecule has 5 heteroatoms. The number of hydrogen-bond acceptors (Lipinski definition) is 5. The minimum Gasteiger partial charge on any atom is -0.337 e. The van der Waals surface area contributed by atoms with Crippen molar-refractivity contribution in [2.75, 3.05) is 9.80 Å². The fourth-order valence-corrected chi connectivity index (χ4v) is 8.78. The quantitative estimate of drug-likeness (QED) is 0.186. The van der Waals surface area contributed by atoms with Crippen LogP contribution in [0.2, 0.25) is 0 Å². The van der Waals surface area contributed by atoms with Gasteiger partial charge in [0, 0.05) is 63.4 Å². The average molecular weight is 646 g/mol. The first-order chi connectivity index (χ1) is 24.8. The number of anilines is 4. The third-order valence-electron chi connectivity index (χ3n) is 10.9. The molecule has 4 unspecified atom stereocenters. The molecule has 3 aliphatic rings. The Balaban J connectivity index is 1.07. The van der Waals surface area contributed by atoms with Crippen molar-refractivity contribution in [3.8, 4) is 34.2 Å². The lowest BCUT2D eigenvalue weighted by molar-refractivity contribution is 0.332. The normalized spacial score (nSPS) is 20.2. The number of benzene rings is 6. The molecule has 240 valence electrons. The monoisotopic (exact) mass is 645 g/mol. The van der Waals surface area contributed by atoms with Gasteiger partial charge in [-0.3, -0.25) is 0 Å². The van der Waals surface area contributed by atoms with Crippen LogP contribution in [0.1, 0.15) is 35.8 Å². The molecular formula is C45H35N5. The van der Waals surface area contributed by atoms with Crippen LogP contribution in [0.5, 0.6) is 0 Å². The molecule has 7 aromatic rings. The van der Waals surface area contributed by atoms with Crippen LogP contribution in [-0.2, 0) is 0 Å². The van der Waals surface area contributed by atoms with Crippen molar-refractivity contribution in [3.63, 3.8) is 0 Å². The fraction of sp³-hybridized carbons (Fsp3) is 0.133. The van der Waals surface area contributed by atoms with Crippen molar-refractivity contribution in [3.05, 3.63) is 175 Å². The third kappa shape index (κ3) is 4.72. The van der Waals surface area contributed by atoms with Crippen LogP contribution in [0.15, 0.2) is 164 Å². The van der Waals surface area contributed by atoms with E-state index in [1.54, 1.807) is 0 Å². The highest BCUT2D eigenvalue weighted by atomic mass is 15.2. The van der Waals surface area contributed by atoms with Gasteiger partial charge >= 0.3 is 0 Å². The lowest BCUT2D eigenvalue weighted by Gasteiger charge is -2.42. The minimum absolute atomic E-state index is 0.322. The van der Waals surface area contributed by atoms with Crippen LogP contribution in [0, 0.1) is 0 Å². The van der Waals surface area contributed by atoms with E-state index in [4.69, 9.17) is 15.0 Å². The van der Waals surface area contributed by atoms with E-state index in [9.17, 15) is 0 Å². The maximum atomic E-state index is 5.06. The Hall–Kier alpha value is -6.07. The number of aromatic nitrogens is 3. The molecule has 1 saturated carbocycles. The van der Waals surface area contributed by atoms with E-state index in [1.165, 1.54) is 33.9 Å². The predicted molar refractivity (Wildman–Crippen MR) is 202 cm³/mol. The number of hydrogen-bond donors (Lipinski definition) is 0. The van der Waals surface area contributed by atoms with E-state index in [0.29, 0.717) is 41.4 Å². The topological polar surface area (TPSA) is 45.2 Å². The van der Waals surface area contributed by atoms with Gasteiger partial charge in [0.25, 0.3) is 0 Å². The van der Waals surface area contributed by atoms with Gasteiger partial charge < -0.3 is 9.80 Å². The predicted octanol–water partition coefficient (Wildman–Crippen LogP) is 10.6. The van der Waals surface area contributed by atoms with Gasteiger partial charge in [-0.2, -0.15) is 0 Å². The zero-order valence-electron chi connectivity index (χ0n) is 27.5. The maximum Gasteiger partial charge on any atom is 0.164 e. The summed E-state index contributed by atoms with van der Waals surface area (Å²) in [6, 6.07) is 59.0. The molecule has 0 bridgehead atoms. The molecule has 5 nitrogen and oxygen atoms in total. The van der Waals surface area contributed by atoms with Crippen LogP contribution in [0.3, 0.4) is 0 Å². The largest absolute Gasteiger partial charge is 0.337 e. The Morgan fingerprint density at radius 2 is 0.800 bits per heavy atom. The summed E-state index contributed by atoms with van der Waals surface area (Å²) in [4.78, 5) is 20.3. The molecule has 6 aromatic carbocycles. The summed E-state index contributed by atoms with van der Waals surface area (Å²) in [5.74, 6) is 2.93. The van der Waals surface area contributed by atoms with Gasteiger partial charge in [0.2, 0.25) is 0 Å². The molecule has 1 aliphatic carbocycles. The highest BCUT2D eigenvalue weighted by Gasteiger charge is 2.51. The fourth-order valence-electron chi connectivity index (χ4n) is 8.78. The molecule has 4 atom stereocenters. The van der Waals surface area contributed by atoms with Gasteiger partial charge in [0.15, 0.2) is 17.5 Å². The molecule has 0 saturated heterocycles. The number of para-hydroxylation sites is 3. The molecule has 1 aromatic heterocycles. The number of fused-ring (bicyclic) bond motifs is 6. The van der Waals surface area contributed by atoms with Gasteiger partial charge in [0.1, 0.15) is 0 Å². The Morgan fingerprint density at radius 1 is 0.380 bits per heavy atom. The summed E-state index contributed by atoms with van der Waals surface area (Å²) in [6.45, 7) is 0. The van der Waals surface area contributed by atoms with E-state index in [2.05, 4.69) is 137 Å². The van der Waals surface area contributed by atoms with Crippen molar-refractivity contribution >= 4 is 22.7 Å². The first-order valence-corrected chi connectivity index (χ1v) is 17.6. The smallest absolute Gasteiger partial charge is 0.164 e. The molecule has 50 heavy (non-hydrogen) atoms. The second-order valence-corrected chi connectivity index (χ2v) is 13.6. The highest BCUT2D eigenvalue weighted by molar-refractivity contribution is 5.79. The summed E-state index contributed by atoms with van der Waals surface area (Å²) in [5, 5.41) is 0. The van der Waals surface area contributed by atoms with Gasteiger partial charge in [-0.25, -0.2) is 15.0 Å². The summed E-state index contributed by atoms with van der Waals surface area (Å²) < 4.78 is 0. The summed E-state index contributed by atoms with van der Waals surface area (Å²) >= 11 is 0. The van der Waals surface area contributed by atoms with Gasteiger partial charge in [0.05, 0.1) is 0 Å². The van der Waals surface area contributed by atoms with Crippen LogP contribution in [0.25, 0.3) is 34.2 Å². The van der Waals surface area contributed by atoms with E-state index in [-0.39, 0.29) is 0 Å². The SMILES string of the molecule is c1ccc(-c2nc(-c3ccccc3)nc(-c3cccc(N4c5ccccc5C5CC6c7ccccc7N(c7ccccc7)C6CC54)c3)n2)cc1. The van der Waals surface area contributed by atoms with Crippen molar-refractivity contribution in [1.29, 1.82) is 0 Å². The molecule has 0 radical (unpaired) electrons. The molecule has 2 aliphatic heterocycles. The zero-order chi connectivity index (χ0) is 33.0. The van der Waals surface area contributed by atoms with E-state index >= 15 is 0 Å². The average Bonchev–Trinajstić information content (AvgIpc) is 3.70. The Kier molecular flexibility index (Phi) is 6.83. The van der Waals surface area contributed by atoms with Crippen LogP contribution >= 0.6 is 0 Å². The van der Waals surface area contributed by atoms with Crippen molar-refractivity contribution < 1.29 is 0 Å². The third-order valence-corrected chi connectivity index (χ3v) is 10.9. The van der Waals surface area contributed by atoms with Crippen LogP contribution in [0.4, 0.5) is 22.7 Å². The molecule has 0 spiro atoms. The van der Waals surface area contributed by atoms with E-state index < -0.39 is 0 Å². The van der Waals surface area contributed by atoms with Crippen molar-refractivity contribution in [1.82, 2.24) is 15.0 Å². The molecule has 3 heterocycles. The Morgan fingerprint density at radius 3 is 1.36 bits per heavy atom. The van der Waals surface area contributed by atoms with E-state index in [0.717, 1.165) is 29.5 Å². The lowest BCUT2D eigenvalue weighted by atomic mass is 9.72. The Bertz CT molecular complexity index is 2270. The molecular weight excluding hydrogens is 611 g/mol. The molecule has 10 rings (SSSR count). The Labute approximate surface area is 292 Å². The van der Waals surface area contributed by atoms with Crippen molar-refractivity contribution in [2.24, 2.45) is 0 Å². The van der Waals surface area contributed by atoms with Gasteiger partial charge in [-0.1, -0.05) is 127 Å². The first-order valence-electron chi connectivity index (χ1n) is 17.6. The molecule has 1 fully saturated rings. The maximum absolute atomic E-state index is 5.06. The molecule has 0 amide bonds. The standard InChI is InChI=1S/C45H35N5/c1-4-15-30(16-5-1)43-46-44(31-17-6-2-7-18-31)48-45(47-43)32-19-14-22-34(27-32)50-40-26-13-11-24-36(40)38-28-37-35-23-10-12-25-39(35)49(41(37)29-42(38)50)33-20-8-3-9-21-33/h1-27,37-38,41-42H,28-29H2. The van der Waals surface area contributed by atoms with Gasteiger partial charge in [-0.15, -0.1) is 0 Å². The van der Waals surface area contributed by atoms with E-state index in [1.807, 2.05) is 36.4 Å². The van der Waals surface area contributed by atoms with Crippen LogP contribution < -0.4 is 9.80 Å². The zero-order valence-corrected chi connectivity index (χ0v) is 27.5.